The van der Waals surface area contributed by atoms with Crippen molar-refractivity contribution in [1.82, 2.24) is 0 Å². The third-order valence-corrected chi connectivity index (χ3v) is 12.2. The minimum absolute atomic E-state index is 0.244. The quantitative estimate of drug-likeness (QED) is 0.0993. The lowest BCUT2D eigenvalue weighted by Gasteiger charge is -2.27. The number of hydrogen-bond acceptors (Lipinski definition) is 2. The number of phenols is 2. The Morgan fingerprint density at radius 1 is 0.526 bits per heavy atom. The van der Waals surface area contributed by atoms with E-state index < -0.39 is 7.26 Å². The van der Waals surface area contributed by atoms with Crippen molar-refractivity contribution in [2.45, 2.75) is 64.7 Å². The second kappa shape index (κ2) is 14.2. The fourth-order valence-electron chi connectivity index (χ4n) is 5.63. The number of aryl methyl sites for hydroxylation is 2. The molecule has 0 fully saturated rings. The molecule has 0 aliphatic carbocycles. The summed E-state index contributed by atoms with van der Waals surface area (Å²) in [6.07, 6.45) is 11.8. The summed E-state index contributed by atoms with van der Waals surface area (Å²) >= 11 is 0. The fraction of sp³-hybridized carbons (Fsp3) is 0.314. The highest BCUT2D eigenvalue weighted by Crippen LogP contribution is 2.56. The maximum Gasteiger partial charge on any atom is 0.121 e. The molecule has 3 heteroatoms. The fourth-order valence-corrected chi connectivity index (χ4v) is 10.0. The summed E-state index contributed by atoms with van der Waals surface area (Å²) in [7, 11) is -1.70. The monoisotopic (exact) mass is 525 g/mol. The lowest BCUT2D eigenvalue weighted by Crippen LogP contribution is -2.33. The SMILES string of the molecule is Cc1cc(O)cc(CCCCCCCCCC[P+](c2ccccc2)(c2ccccc2)c2ccccc2)c1O. The third kappa shape index (κ3) is 7.06. The van der Waals surface area contributed by atoms with Gasteiger partial charge in [-0.2, -0.15) is 0 Å². The molecule has 2 nitrogen and oxygen atoms in total. The van der Waals surface area contributed by atoms with E-state index in [0.717, 1.165) is 24.0 Å². The standard InChI is InChI=1S/C35H41O2P/c1-29-27-31(36)28-30(35(29)37)19-11-6-4-2-3-5-7-18-26-38(32-20-12-8-13-21-32,33-22-14-9-15-23-33)34-24-16-10-17-25-34/h8-10,12-17,20-25,27-28H,2-7,11,18-19,26H2,1H3,(H-,36,37)/p+1. The summed E-state index contributed by atoms with van der Waals surface area (Å²) in [4.78, 5) is 0. The molecule has 4 aromatic carbocycles. The molecule has 198 valence electrons. The van der Waals surface area contributed by atoms with Crippen LogP contribution in [-0.2, 0) is 6.42 Å². The average molecular weight is 526 g/mol. The van der Waals surface area contributed by atoms with Gasteiger partial charge in [0.25, 0.3) is 0 Å². The normalized spacial score (nSPS) is 11.5. The predicted octanol–water partition coefficient (Wildman–Crippen LogP) is 8.06. The van der Waals surface area contributed by atoms with Gasteiger partial charge >= 0.3 is 0 Å². The maximum atomic E-state index is 10.2. The molecule has 0 aliphatic heterocycles. The van der Waals surface area contributed by atoms with Crippen LogP contribution in [-0.4, -0.2) is 16.4 Å². The van der Waals surface area contributed by atoms with Crippen molar-refractivity contribution >= 4 is 23.2 Å². The Morgan fingerprint density at radius 3 is 1.42 bits per heavy atom. The van der Waals surface area contributed by atoms with Crippen LogP contribution in [0, 0.1) is 6.92 Å². The van der Waals surface area contributed by atoms with E-state index in [9.17, 15) is 10.2 Å². The predicted molar refractivity (Wildman–Crippen MR) is 165 cm³/mol. The van der Waals surface area contributed by atoms with Gasteiger partial charge in [0.15, 0.2) is 0 Å². The van der Waals surface area contributed by atoms with Crippen LogP contribution in [0.3, 0.4) is 0 Å². The second-order valence-electron chi connectivity index (χ2n) is 10.4. The molecule has 0 saturated carbocycles. The van der Waals surface area contributed by atoms with E-state index in [1.807, 2.05) is 6.92 Å². The van der Waals surface area contributed by atoms with Crippen LogP contribution in [0.4, 0.5) is 0 Å². The Kier molecular flexibility index (Phi) is 10.4. The molecule has 4 aromatic rings. The summed E-state index contributed by atoms with van der Waals surface area (Å²) in [5.41, 5.74) is 1.61. The number of phenolic OH excluding ortho intramolecular Hbond substituents is 2. The summed E-state index contributed by atoms with van der Waals surface area (Å²) in [6, 6.07) is 36.9. The van der Waals surface area contributed by atoms with E-state index in [1.54, 1.807) is 12.1 Å². The number of unbranched alkanes of at least 4 members (excludes halogenated alkanes) is 7. The Labute approximate surface area is 229 Å². The van der Waals surface area contributed by atoms with E-state index in [1.165, 1.54) is 67.0 Å². The van der Waals surface area contributed by atoms with Crippen molar-refractivity contribution < 1.29 is 10.2 Å². The summed E-state index contributed by atoms with van der Waals surface area (Å²) in [5, 5.41) is 24.4. The molecule has 0 unspecified atom stereocenters. The van der Waals surface area contributed by atoms with Gasteiger partial charge in [-0.1, -0.05) is 86.7 Å². The molecule has 0 amide bonds. The van der Waals surface area contributed by atoms with Crippen LogP contribution < -0.4 is 15.9 Å². The van der Waals surface area contributed by atoms with Crippen LogP contribution in [0.15, 0.2) is 103 Å². The first kappa shape index (κ1) is 27.9. The largest absolute Gasteiger partial charge is 0.508 e. The van der Waals surface area contributed by atoms with Gasteiger partial charge in [-0.3, -0.25) is 0 Å². The molecule has 0 radical (unpaired) electrons. The van der Waals surface area contributed by atoms with Crippen molar-refractivity contribution in [3.63, 3.8) is 0 Å². The molecule has 0 spiro atoms. The van der Waals surface area contributed by atoms with Gasteiger partial charge in [0.05, 0.1) is 6.16 Å². The van der Waals surface area contributed by atoms with Crippen LogP contribution >= 0.6 is 7.26 Å². The number of aromatic hydroxyl groups is 2. The van der Waals surface area contributed by atoms with Crippen molar-refractivity contribution in [3.8, 4) is 11.5 Å². The van der Waals surface area contributed by atoms with E-state index in [-0.39, 0.29) is 5.75 Å². The Hall–Kier alpha value is -3.09. The Bertz CT molecular complexity index is 1140. The lowest BCUT2D eigenvalue weighted by molar-refractivity contribution is 0.448. The van der Waals surface area contributed by atoms with Crippen molar-refractivity contribution in [2.24, 2.45) is 0 Å². The van der Waals surface area contributed by atoms with Crippen LogP contribution in [0.1, 0.15) is 62.5 Å². The number of benzene rings is 4. The zero-order valence-electron chi connectivity index (χ0n) is 22.7. The van der Waals surface area contributed by atoms with Crippen molar-refractivity contribution in [2.75, 3.05) is 6.16 Å². The molecule has 0 aliphatic rings. The van der Waals surface area contributed by atoms with Gasteiger partial charge in [-0.05, 0) is 92.3 Å². The Balaban J connectivity index is 1.28. The number of hydrogen-bond donors (Lipinski definition) is 2. The molecule has 0 atom stereocenters. The first-order valence-electron chi connectivity index (χ1n) is 14.2. The number of rotatable bonds is 14. The van der Waals surface area contributed by atoms with Crippen LogP contribution in [0.25, 0.3) is 0 Å². The van der Waals surface area contributed by atoms with E-state index in [0.29, 0.717) is 5.75 Å². The highest BCUT2D eigenvalue weighted by Gasteiger charge is 2.44. The Morgan fingerprint density at radius 2 is 0.947 bits per heavy atom. The highest BCUT2D eigenvalue weighted by atomic mass is 31.2. The smallest absolute Gasteiger partial charge is 0.121 e. The first-order valence-corrected chi connectivity index (χ1v) is 16.1. The first-order chi connectivity index (χ1) is 18.6. The van der Waals surface area contributed by atoms with Gasteiger partial charge in [0.2, 0.25) is 0 Å². The van der Waals surface area contributed by atoms with Crippen LogP contribution in [0.2, 0.25) is 0 Å². The van der Waals surface area contributed by atoms with Crippen LogP contribution in [0.5, 0.6) is 11.5 Å². The van der Waals surface area contributed by atoms with Gasteiger partial charge in [0, 0.05) is 0 Å². The summed E-state index contributed by atoms with van der Waals surface area (Å²) in [6.45, 7) is 1.84. The van der Waals surface area contributed by atoms with Crippen molar-refractivity contribution in [1.29, 1.82) is 0 Å². The maximum absolute atomic E-state index is 10.2. The van der Waals surface area contributed by atoms with E-state index in [4.69, 9.17) is 0 Å². The minimum atomic E-state index is -1.70. The topological polar surface area (TPSA) is 40.5 Å². The van der Waals surface area contributed by atoms with Gasteiger partial charge in [-0.15, -0.1) is 0 Å². The third-order valence-electron chi connectivity index (χ3n) is 7.64. The van der Waals surface area contributed by atoms with Gasteiger partial charge in [0.1, 0.15) is 34.7 Å². The van der Waals surface area contributed by atoms with Crippen molar-refractivity contribution in [3.05, 3.63) is 114 Å². The molecule has 2 N–H and O–H groups in total. The van der Waals surface area contributed by atoms with E-state index >= 15 is 0 Å². The molecular weight excluding hydrogens is 483 g/mol. The molecule has 0 saturated heterocycles. The molecule has 38 heavy (non-hydrogen) atoms. The van der Waals surface area contributed by atoms with Gasteiger partial charge in [-0.25, -0.2) is 0 Å². The minimum Gasteiger partial charge on any atom is -0.508 e. The summed E-state index contributed by atoms with van der Waals surface area (Å²) in [5.74, 6) is 0.580. The van der Waals surface area contributed by atoms with E-state index in [2.05, 4.69) is 91.0 Å². The molecular formula is C35H42O2P+. The zero-order chi connectivity index (χ0) is 26.6. The molecule has 0 bridgehead atoms. The zero-order valence-corrected chi connectivity index (χ0v) is 23.6. The molecule has 0 aromatic heterocycles. The average Bonchev–Trinajstić information content (AvgIpc) is 2.96. The highest BCUT2D eigenvalue weighted by molar-refractivity contribution is 7.95. The van der Waals surface area contributed by atoms with Gasteiger partial charge < -0.3 is 10.2 Å². The molecule has 0 heterocycles. The second-order valence-corrected chi connectivity index (χ2v) is 14.0. The summed E-state index contributed by atoms with van der Waals surface area (Å²) < 4.78 is 0. The molecule has 4 rings (SSSR count). The lowest BCUT2D eigenvalue weighted by atomic mass is 10.0.